The van der Waals surface area contributed by atoms with E-state index in [1.807, 2.05) is 5.32 Å². The van der Waals surface area contributed by atoms with Crippen molar-refractivity contribution in [2.24, 2.45) is 0 Å². The van der Waals surface area contributed by atoms with Crippen molar-refractivity contribution in [2.45, 2.75) is 0 Å². The van der Waals surface area contributed by atoms with Gasteiger partial charge < -0.3 is 4.42 Å². The predicted molar refractivity (Wildman–Crippen MR) is 36.8 cm³/mol. The van der Waals surface area contributed by atoms with Gasteiger partial charge in [-0.1, -0.05) is 0 Å². The maximum Gasteiger partial charge on any atom is 0.269 e. The van der Waals surface area contributed by atoms with Crippen LogP contribution in [0.15, 0.2) is 16.7 Å². The predicted octanol–water partition coefficient (Wildman–Crippen LogP) is 1.14. The number of nitriles is 1. The lowest BCUT2D eigenvalue weighted by Gasteiger charge is -1.90. The molecule has 1 aromatic heterocycles. The van der Waals surface area contributed by atoms with Crippen LogP contribution in [-0.4, -0.2) is 5.91 Å². The Morgan fingerprint density at radius 3 is 3.00 bits per heavy atom. The number of amides is 1. The topological polar surface area (TPSA) is 66.0 Å². The first kappa shape index (κ1) is 7.63. The van der Waals surface area contributed by atoms with Gasteiger partial charge in [-0.25, -0.2) is 0 Å². The number of rotatable bonds is 1. The molecule has 1 aromatic rings. The van der Waals surface area contributed by atoms with E-state index in [0.29, 0.717) is 0 Å². The van der Waals surface area contributed by atoms with Crippen LogP contribution in [0.25, 0.3) is 0 Å². The Hall–Kier alpha value is -1.47. The summed E-state index contributed by atoms with van der Waals surface area (Å²) in [6.07, 6.45) is 2.76. The van der Waals surface area contributed by atoms with Crippen LogP contribution in [0.1, 0.15) is 10.4 Å². The van der Waals surface area contributed by atoms with Crippen LogP contribution in [0.2, 0.25) is 5.22 Å². The van der Waals surface area contributed by atoms with Gasteiger partial charge in [0.05, 0.1) is 11.8 Å². The average Bonchev–Trinajstić information content (AvgIpc) is 2.36. The molecule has 1 rings (SSSR count). The minimum Gasteiger partial charge on any atom is -0.452 e. The van der Waals surface area contributed by atoms with Crippen LogP contribution in [0, 0.1) is 11.5 Å². The molecule has 1 heterocycles. The maximum absolute atomic E-state index is 10.8. The Labute approximate surface area is 67.4 Å². The number of nitrogens with zero attached hydrogens (tertiary/aromatic N) is 1. The lowest BCUT2D eigenvalue weighted by molar-refractivity contribution is 0.0972. The third-order valence-electron chi connectivity index (χ3n) is 1.03. The van der Waals surface area contributed by atoms with E-state index < -0.39 is 5.91 Å². The van der Waals surface area contributed by atoms with Gasteiger partial charge in [-0.05, 0) is 17.7 Å². The fourth-order valence-corrected chi connectivity index (χ4v) is 0.774. The highest BCUT2D eigenvalue weighted by Gasteiger charge is 2.11. The van der Waals surface area contributed by atoms with E-state index in [-0.39, 0.29) is 10.8 Å². The first-order valence-electron chi connectivity index (χ1n) is 2.68. The molecular weight excluding hydrogens is 168 g/mol. The molecule has 0 unspecified atom stereocenters. The number of hydrogen-bond donors (Lipinski definition) is 1. The molecule has 0 aromatic carbocycles. The molecule has 0 saturated heterocycles. The second-order valence-electron chi connectivity index (χ2n) is 1.67. The SMILES string of the molecule is N#CNC(=O)c1ccoc1Cl. The molecule has 0 bridgehead atoms. The van der Waals surface area contributed by atoms with Crippen molar-refractivity contribution in [3.05, 3.63) is 23.1 Å². The van der Waals surface area contributed by atoms with Crippen molar-refractivity contribution in [3.8, 4) is 6.19 Å². The summed E-state index contributed by atoms with van der Waals surface area (Å²) in [7, 11) is 0. The summed E-state index contributed by atoms with van der Waals surface area (Å²) in [6.45, 7) is 0. The smallest absolute Gasteiger partial charge is 0.269 e. The van der Waals surface area contributed by atoms with E-state index in [4.69, 9.17) is 16.9 Å². The van der Waals surface area contributed by atoms with E-state index in [1.165, 1.54) is 18.5 Å². The minimum atomic E-state index is -0.564. The highest BCUT2D eigenvalue weighted by atomic mass is 35.5. The number of hydrogen-bond acceptors (Lipinski definition) is 3. The molecule has 0 aliphatic rings. The molecule has 0 aliphatic heterocycles. The second kappa shape index (κ2) is 3.08. The second-order valence-corrected chi connectivity index (χ2v) is 2.02. The van der Waals surface area contributed by atoms with Crippen LogP contribution < -0.4 is 5.32 Å². The molecule has 5 heteroatoms. The summed E-state index contributed by atoms with van der Waals surface area (Å²) >= 11 is 5.43. The largest absolute Gasteiger partial charge is 0.452 e. The lowest BCUT2D eigenvalue weighted by Crippen LogP contribution is -2.16. The molecule has 0 atom stereocenters. The standard InChI is InChI=1S/C6H3ClN2O2/c7-5-4(1-2-11-5)6(10)9-3-8/h1-2H,(H,9,10). The van der Waals surface area contributed by atoms with Crippen molar-refractivity contribution in [1.29, 1.82) is 5.26 Å². The van der Waals surface area contributed by atoms with Gasteiger partial charge in [0.15, 0.2) is 6.19 Å². The number of halogens is 1. The number of carbonyl (C=O) groups excluding carboxylic acids is 1. The van der Waals surface area contributed by atoms with Gasteiger partial charge in [0.1, 0.15) is 0 Å². The van der Waals surface area contributed by atoms with Gasteiger partial charge in [0.2, 0.25) is 5.22 Å². The first-order valence-corrected chi connectivity index (χ1v) is 3.06. The molecule has 0 spiro atoms. The van der Waals surface area contributed by atoms with Crippen molar-refractivity contribution >= 4 is 17.5 Å². The van der Waals surface area contributed by atoms with Gasteiger partial charge >= 0.3 is 0 Å². The van der Waals surface area contributed by atoms with Crippen LogP contribution in [0.5, 0.6) is 0 Å². The minimum absolute atomic E-state index is 0.0160. The fourth-order valence-electron chi connectivity index (χ4n) is 0.574. The third-order valence-corrected chi connectivity index (χ3v) is 1.32. The molecule has 0 saturated carbocycles. The Balaban J connectivity index is 2.86. The number of carbonyl (C=O) groups is 1. The van der Waals surface area contributed by atoms with Crippen LogP contribution in [-0.2, 0) is 0 Å². The third kappa shape index (κ3) is 1.51. The summed E-state index contributed by atoms with van der Waals surface area (Å²) in [4.78, 5) is 10.8. The summed E-state index contributed by atoms with van der Waals surface area (Å²) < 4.78 is 4.63. The molecule has 11 heavy (non-hydrogen) atoms. The molecule has 0 fully saturated rings. The van der Waals surface area contributed by atoms with Gasteiger partial charge in [-0.2, -0.15) is 5.26 Å². The lowest BCUT2D eigenvalue weighted by atomic mass is 10.3. The molecule has 56 valence electrons. The molecular formula is C6H3ClN2O2. The van der Waals surface area contributed by atoms with Crippen molar-refractivity contribution < 1.29 is 9.21 Å². The first-order chi connectivity index (χ1) is 5.25. The van der Waals surface area contributed by atoms with E-state index >= 15 is 0 Å². The van der Waals surface area contributed by atoms with Gasteiger partial charge in [0, 0.05) is 0 Å². The average molecular weight is 171 g/mol. The van der Waals surface area contributed by atoms with Crippen LogP contribution in [0.3, 0.4) is 0 Å². The molecule has 4 nitrogen and oxygen atoms in total. The summed E-state index contributed by atoms with van der Waals surface area (Å²) in [5.74, 6) is -0.564. The van der Waals surface area contributed by atoms with E-state index in [9.17, 15) is 4.79 Å². The Morgan fingerprint density at radius 2 is 2.55 bits per heavy atom. The monoisotopic (exact) mass is 170 g/mol. The zero-order valence-electron chi connectivity index (χ0n) is 5.30. The van der Waals surface area contributed by atoms with E-state index in [0.717, 1.165) is 0 Å². The van der Waals surface area contributed by atoms with E-state index in [2.05, 4.69) is 4.42 Å². The van der Waals surface area contributed by atoms with Gasteiger partial charge in [0.25, 0.3) is 5.91 Å². The quantitative estimate of drug-likeness (QED) is 0.508. The summed E-state index contributed by atoms with van der Waals surface area (Å²) in [5.41, 5.74) is 0.160. The molecule has 0 radical (unpaired) electrons. The van der Waals surface area contributed by atoms with Crippen molar-refractivity contribution in [1.82, 2.24) is 5.32 Å². The fraction of sp³-hybridized carbons (Fsp3) is 0. The van der Waals surface area contributed by atoms with E-state index in [1.54, 1.807) is 0 Å². The number of furan rings is 1. The van der Waals surface area contributed by atoms with Gasteiger partial charge in [-0.3, -0.25) is 10.1 Å². The van der Waals surface area contributed by atoms with Gasteiger partial charge in [-0.15, -0.1) is 0 Å². The molecule has 0 aliphatic carbocycles. The number of nitrogens with one attached hydrogen (secondary N) is 1. The van der Waals surface area contributed by atoms with Crippen molar-refractivity contribution in [2.75, 3.05) is 0 Å². The highest BCUT2D eigenvalue weighted by Crippen LogP contribution is 2.15. The molecule has 1 amide bonds. The Kier molecular flexibility index (Phi) is 2.14. The van der Waals surface area contributed by atoms with Crippen molar-refractivity contribution in [3.63, 3.8) is 0 Å². The zero-order valence-corrected chi connectivity index (χ0v) is 6.05. The van der Waals surface area contributed by atoms with Crippen LogP contribution >= 0.6 is 11.6 Å². The Morgan fingerprint density at radius 1 is 1.82 bits per heavy atom. The zero-order chi connectivity index (χ0) is 8.27. The summed E-state index contributed by atoms with van der Waals surface area (Å²) in [5, 5.41) is 9.97. The highest BCUT2D eigenvalue weighted by molar-refractivity contribution is 6.32. The normalized spacial score (nSPS) is 8.73. The summed E-state index contributed by atoms with van der Waals surface area (Å²) in [6, 6.07) is 1.38. The van der Waals surface area contributed by atoms with Crippen LogP contribution in [0.4, 0.5) is 0 Å². The molecule has 1 N–H and O–H groups in total. The Bertz CT molecular complexity index is 313. The maximum atomic E-state index is 10.8.